The molecule has 1 saturated heterocycles. The molecule has 1 radical (unpaired) electrons. The number of hydrogen-bond acceptors (Lipinski definition) is 3. The summed E-state index contributed by atoms with van der Waals surface area (Å²) in [5, 5.41) is 0.900. The number of hydrogen-bond donors (Lipinski definition) is 1. The molecule has 2 rings (SSSR count). The number of amidine groups is 1. The van der Waals surface area contributed by atoms with E-state index in [1.54, 1.807) is 11.8 Å². The number of aliphatic imine (C=N–C) groups is 1. The van der Waals surface area contributed by atoms with Crippen LogP contribution < -0.4 is 10.9 Å². The molecule has 1 aliphatic heterocycles. The molecule has 0 aromatic carbocycles. The normalized spacial score (nSPS) is 30.1. The summed E-state index contributed by atoms with van der Waals surface area (Å²) in [6.07, 6.45) is 4.17. The monoisotopic (exact) mass is 212 g/mol. The second kappa shape index (κ2) is 4.31. The van der Waals surface area contributed by atoms with Crippen LogP contribution in [-0.2, 0) is 4.79 Å². The van der Waals surface area contributed by atoms with Gasteiger partial charge in [-0.05, 0) is 19.3 Å². The molecule has 2 fully saturated rings. The average Bonchev–Trinajstić information content (AvgIpc) is 2.48. The third-order valence-corrected chi connectivity index (χ3v) is 3.70. The van der Waals surface area contributed by atoms with Gasteiger partial charge >= 0.3 is 0 Å². The predicted octanol–water partition coefficient (Wildman–Crippen LogP) is 1.26. The van der Waals surface area contributed by atoms with Crippen LogP contribution in [0.2, 0.25) is 0 Å². The summed E-state index contributed by atoms with van der Waals surface area (Å²) < 4.78 is 0. The Morgan fingerprint density at radius 3 is 3.00 bits per heavy atom. The van der Waals surface area contributed by atoms with E-state index >= 15 is 0 Å². The summed E-state index contributed by atoms with van der Waals surface area (Å²) in [5.74, 6) is 0.194. The van der Waals surface area contributed by atoms with Gasteiger partial charge in [0.15, 0.2) is 0 Å². The number of amides is 1. The van der Waals surface area contributed by atoms with E-state index in [4.69, 9.17) is 0 Å². The zero-order valence-corrected chi connectivity index (χ0v) is 9.01. The maximum atomic E-state index is 11.5. The van der Waals surface area contributed by atoms with Crippen LogP contribution in [0.5, 0.6) is 0 Å². The van der Waals surface area contributed by atoms with Gasteiger partial charge in [-0.3, -0.25) is 4.79 Å². The first-order valence-electron chi connectivity index (χ1n) is 5.05. The van der Waals surface area contributed by atoms with Crippen LogP contribution in [0.15, 0.2) is 4.99 Å². The van der Waals surface area contributed by atoms with E-state index in [-0.39, 0.29) is 11.8 Å². The molecule has 1 unspecified atom stereocenters. The summed E-state index contributed by atoms with van der Waals surface area (Å²) in [6, 6.07) is 0. The van der Waals surface area contributed by atoms with E-state index in [0.717, 1.165) is 19.3 Å². The molecule has 0 aromatic heterocycles. The van der Waals surface area contributed by atoms with Crippen molar-refractivity contribution in [3.05, 3.63) is 0 Å². The number of thioether (sulfide) groups is 1. The van der Waals surface area contributed by atoms with Gasteiger partial charge in [0.2, 0.25) is 5.17 Å². The second-order valence-corrected chi connectivity index (χ2v) is 4.79. The van der Waals surface area contributed by atoms with Gasteiger partial charge in [-0.25, -0.2) is 0 Å². The summed E-state index contributed by atoms with van der Waals surface area (Å²) in [7, 11) is 0. The maximum absolute atomic E-state index is 11.5. The fourth-order valence-corrected chi connectivity index (χ4v) is 2.15. The molecule has 77 valence electrons. The summed E-state index contributed by atoms with van der Waals surface area (Å²) >= 11 is 1.54. The zero-order chi connectivity index (χ0) is 9.97. The van der Waals surface area contributed by atoms with Crippen LogP contribution in [0.25, 0.3) is 0 Å². The van der Waals surface area contributed by atoms with Crippen LogP contribution in [0, 0.1) is 5.92 Å². The molecule has 0 bridgehead atoms. The van der Waals surface area contributed by atoms with Crippen LogP contribution >= 0.6 is 11.8 Å². The van der Waals surface area contributed by atoms with Crippen molar-refractivity contribution in [2.45, 2.75) is 38.0 Å². The molecular formula is C9H14N3OS. The molecule has 1 saturated carbocycles. The highest BCUT2D eigenvalue weighted by Gasteiger charge is 2.27. The first-order valence-corrected chi connectivity index (χ1v) is 5.93. The SMILES string of the molecule is CCC1N[N]C(=NC(=O)C2CCC2)S1. The molecule has 0 aromatic rings. The van der Waals surface area contributed by atoms with Gasteiger partial charge in [0.25, 0.3) is 5.91 Å². The number of nitrogens with zero attached hydrogens (tertiary/aromatic N) is 2. The highest BCUT2D eigenvalue weighted by atomic mass is 32.2. The van der Waals surface area contributed by atoms with Crippen molar-refractivity contribution in [3.8, 4) is 0 Å². The number of nitrogens with one attached hydrogen (secondary N) is 1. The Balaban J connectivity index is 1.88. The topological polar surface area (TPSA) is 55.6 Å². The highest BCUT2D eigenvalue weighted by molar-refractivity contribution is 8.14. The molecule has 2 aliphatic rings. The van der Waals surface area contributed by atoms with E-state index in [2.05, 4.69) is 22.8 Å². The first kappa shape index (κ1) is 9.98. The molecule has 4 nitrogen and oxygen atoms in total. The molecule has 0 spiro atoms. The van der Waals surface area contributed by atoms with Crippen LogP contribution in [0.4, 0.5) is 0 Å². The van der Waals surface area contributed by atoms with E-state index in [1.165, 1.54) is 6.42 Å². The smallest absolute Gasteiger partial charge is 0.251 e. The zero-order valence-electron chi connectivity index (χ0n) is 8.19. The van der Waals surface area contributed by atoms with Crippen molar-refractivity contribution >= 4 is 22.8 Å². The summed E-state index contributed by atoms with van der Waals surface area (Å²) in [4.78, 5) is 15.5. The van der Waals surface area contributed by atoms with Crippen LogP contribution in [0.1, 0.15) is 32.6 Å². The first-order chi connectivity index (χ1) is 6.79. The van der Waals surface area contributed by atoms with Crippen molar-refractivity contribution in [1.82, 2.24) is 10.9 Å². The number of rotatable bonds is 2. The Morgan fingerprint density at radius 2 is 2.50 bits per heavy atom. The molecule has 1 N–H and O–H groups in total. The molecular weight excluding hydrogens is 198 g/mol. The van der Waals surface area contributed by atoms with Gasteiger partial charge in [-0.15, -0.1) is 0 Å². The van der Waals surface area contributed by atoms with Crippen LogP contribution in [-0.4, -0.2) is 16.4 Å². The van der Waals surface area contributed by atoms with Crippen molar-refractivity contribution in [1.29, 1.82) is 0 Å². The molecule has 1 amide bonds. The third kappa shape index (κ3) is 2.09. The van der Waals surface area contributed by atoms with Crippen molar-refractivity contribution in [2.24, 2.45) is 10.9 Å². The Hall–Kier alpha value is -0.550. The lowest BCUT2D eigenvalue weighted by Crippen LogP contribution is -2.26. The van der Waals surface area contributed by atoms with Crippen molar-refractivity contribution in [2.75, 3.05) is 0 Å². The lowest BCUT2D eigenvalue weighted by molar-refractivity contribution is -0.123. The van der Waals surface area contributed by atoms with Gasteiger partial charge in [0.05, 0.1) is 5.37 Å². The minimum absolute atomic E-state index is 0.0149. The van der Waals surface area contributed by atoms with Gasteiger partial charge in [0, 0.05) is 5.92 Å². The molecule has 1 aliphatic carbocycles. The van der Waals surface area contributed by atoms with Gasteiger partial charge in [-0.1, -0.05) is 25.1 Å². The summed E-state index contributed by atoms with van der Waals surface area (Å²) in [5.41, 5.74) is 6.95. The fourth-order valence-electron chi connectivity index (χ4n) is 1.37. The fraction of sp³-hybridized carbons (Fsp3) is 0.778. The number of carbonyl (C=O) groups is 1. The van der Waals surface area contributed by atoms with E-state index in [1.807, 2.05) is 0 Å². The highest BCUT2D eigenvalue weighted by Crippen LogP contribution is 2.28. The van der Waals surface area contributed by atoms with Crippen molar-refractivity contribution < 1.29 is 4.79 Å². The van der Waals surface area contributed by atoms with Crippen molar-refractivity contribution in [3.63, 3.8) is 0 Å². The predicted molar refractivity (Wildman–Crippen MR) is 56.7 cm³/mol. The molecule has 14 heavy (non-hydrogen) atoms. The van der Waals surface area contributed by atoms with E-state index < -0.39 is 0 Å². The maximum Gasteiger partial charge on any atom is 0.251 e. The summed E-state index contributed by atoms with van der Waals surface area (Å²) in [6.45, 7) is 2.08. The minimum atomic E-state index is 0.0149. The third-order valence-electron chi connectivity index (χ3n) is 2.58. The molecule has 5 heteroatoms. The lowest BCUT2D eigenvalue weighted by Gasteiger charge is -2.21. The lowest BCUT2D eigenvalue weighted by atomic mass is 9.85. The van der Waals surface area contributed by atoms with E-state index in [0.29, 0.717) is 10.5 Å². The van der Waals surface area contributed by atoms with E-state index in [9.17, 15) is 4.79 Å². The Morgan fingerprint density at radius 1 is 1.71 bits per heavy atom. The van der Waals surface area contributed by atoms with Crippen LogP contribution in [0.3, 0.4) is 0 Å². The van der Waals surface area contributed by atoms with Gasteiger partial charge in [-0.2, -0.15) is 15.8 Å². The Labute approximate surface area is 87.9 Å². The second-order valence-electron chi connectivity index (χ2n) is 3.62. The largest absolute Gasteiger partial charge is 0.272 e. The van der Waals surface area contributed by atoms with Gasteiger partial charge < -0.3 is 0 Å². The number of carbonyl (C=O) groups excluding carboxylic acids is 1. The molecule has 1 heterocycles. The standard InChI is InChI=1S/C9H14N3OS/c1-2-7-11-12-9(14-7)10-8(13)6-4-3-5-6/h6-7,11H,2-5H2,1H3. The quantitative estimate of drug-likeness (QED) is 0.749. The molecule has 1 atom stereocenters. The Bertz CT molecular complexity index is 263. The van der Waals surface area contributed by atoms with Gasteiger partial charge in [0.1, 0.15) is 0 Å². The Kier molecular flexibility index (Phi) is 3.08. The minimum Gasteiger partial charge on any atom is -0.272 e. The average molecular weight is 212 g/mol.